The minimum absolute atomic E-state index is 0.607. The van der Waals surface area contributed by atoms with Gasteiger partial charge in [0.2, 0.25) is 0 Å². The van der Waals surface area contributed by atoms with Crippen molar-refractivity contribution in [2.24, 2.45) is 0 Å². The van der Waals surface area contributed by atoms with Gasteiger partial charge in [0.15, 0.2) is 17.5 Å². The van der Waals surface area contributed by atoms with Crippen molar-refractivity contribution in [1.29, 1.82) is 0 Å². The number of thiophene rings is 2. The first kappa shape index (κ1) is 28.6. The first-order chi connectivity index (χ1) is 25.2. The van der Waals surface area contributed by atoms with E-state index in [0.29, 0.717) is 17.5 Å². The number of furan rings is 1. The lowest BCUT2D eigenvalue weighted by molar-refractivity contribution is 0.669. The third-order valence-electron chi connectivity index (χ3n) is 9.75. The van der Waals surface area contributed by atoms with Crippen LogP contribution in [0.4, 0.5) is 0 Å². The van der Waals surface area contributed by atoms with Gasteiger partial charge >= 0.3 is 0 Å². The summed E-state index contributed by atoms with van der Waals surface area (Å²) in [5.41, 5.74) is 6.83. The fourth-order valence-electron chi connectivity index (χ4n) is 7.30. The number of hydrogen-bond donors (Lipinski definition) is 0. The number of hydrogen-bond acceptors (Lipinski definition) is 6. The van der Waals surface area contributed by atoms with Crippen LogP contribution in [-0.4, -0.2) is 15.0 Å². The second kappa shape index (κ2) is 11.2. The predicted octanol–water partition coefficient (Wildman–Crippen LogP) is 13.2. The Bertz CT molecular complexity index is 3160. The van der Waals surface area contributed by atoms with E-state index >= 15 is 0 Å². The summed E-state index contributed by atoms with van der Waals surface area (Å²) in [6.45, 7) is 0. The van der Waals surface area contributed by atoms with Crippen molar-refractivity contribution in [3.63, 3.8) is 0 Å². The molecule has 7 aromatic carbocycles. The molecule has 0 amide bonds. The molecule has 51 heavy (non-hydrogen) atoms. The third kappa shape index (κ3) is 4.61. The van der Waals surface area contributed by atoms with E-state index in [2.05, 4.69) is 121 Å². The number of aromatic nitrogens is 3. The Labute approximate surface area is 299 Å². The normalized spacial score (nSPS) is 11.9. The molecule has 0 fully saturated rings. The molecule has 0 saturated carbocycles. The van der Waals surface area contributed by atoms with Crippen LogP contribution >= 0.6 is 22.7 Å². The third-order valence-corrected chi connectivity index (χ3v) is 12.0. The second-order valence-corrected chi connectivity index (χ2v) is 14.9. The minimum atomic E-state index is 0.607. The van der Waals surface area contributed by atoms with Gasteiger partial charge in [0.25, 0.3) is 0 Å². The lowest BCUT2D eigenvalue weighted by Gasteiger charge is -2.09. The van der Waals surface area contributed by atoms with Crippen molar-refractivity contribution in [3.8, 4) is 45.3 Å². The molecule has 0 aliphatic rings. The van der Waals surface area contributed by atoms with Crippen molar-refractivity contribution in [1.82, 2.24) is 15.0 Å². The van der Waals surface area contributed by atoms with Crippen LogP contribution in [0, 0.1) is 0 Å². The highest BCUT2D eigenvalue weighted by atomic mass is 32.1. The van der Waals surface area contributed by atoms with Gasteiger partial charge in [-0.2, -0.15) is 0 Å². The van der Waals surface area contributed by atoms with Crippen LogP contribution in [0.5, 0.6) is 0 Å². The highest BCUT2D eigenvalue weighted by Crippen LogP contribution is 2.41. The first-order valence-corrected chi connectivity index (χ1v) is 18.5. The van der Waals surface area contributed by atoms with Crippen LogP contribution < -0.4 is 0 Å². The summed E-state index contributed by atoms with van der Waals surface area (Å²) in [4.78, 5) is 15.2. The van der Waals surface area contributed by atoms with Crippen molar-refractivity contribution < 1.29 is 4.42 Å². The standard InChI is InChI=1S/C45H25N3OS2/c1-2-9-26(10-3-1)43-46-44(48-45(47-43)34-13-8-16-40-42(34)33-12-5-7-15-39(33)50-40)29-18-20-30-35-23-27(19-22-36(35)49-37(30)24-29)28-17-21-32-31-11-4-6-14-38(31)51-41(32)25-28/h1-25H. The Morgan fingerprint density at radius 3 is 1.86 bits per heavy atom. The van der Waals surface area contributed by atoms with E-state index in [0.717, 1.165) is 38.6 Å². The molecule has 0 radical (unpaired) electrons. The molecule has 0 bridgehead atoms. The summed E-state index contributed by atoms with van der Waals surface area (Å²) in [5, 5.41) is 7.15. The van der Waals surface area contributed by atoms with E-state index in [1.165, 1.54) is 51.5 Å². The smallest absolute Gasteiger partial charge is 0.164 e. The summed E-state index contributed by atoms with van der Waals surface area (Å²) in [6.07, 6.45) is 0. The molecule has 0 aliphatic heterocycles. The summed E-state index contributed by atoms with van der Waals surface area (Å²) < 4.78 is 11.5. The van der Waals surface area contributed by atoms with E-state index < -0.39 is 0 Å². The molecule has 0 aliphatic carbocycles. The van der Waals surface area contributed by atoms with Gasteiger partial charge in [-0.25, -0.2) is 15.0 Å². The number of rotatable bonds is 4. The largest absolute Gasteiger partial charge is 0.456 e. The van der Waals surface area contributed by atoms with E-state index in [9.17, 15) is 0 Å². The van der Waals surface area contributed by atoms with Gasteiger partial charge in [-0.05, 0) is 59.7 Å². The number of benzene rings is 7. The van der Waals surface area contributed by atoms with Crippen molar-refractivity contribution >= 4 is 85.0 Å². The number of nitrogens with zero attached hydrogens (tertiary/aromatic N) is 3. The highest BCUT2D eigenvalue weighted by Gasteiger charge is 2.18. The molecule has 11 rings (SSSR count). The van der Waals surface area contributed by atoms with E-state index in [1.807, 2.05) is 41.7 Å². The topological polar surface area (TPSA) is 51.8 Å². The fourth-order valence-corrected chi connectivity index (χ4v) is 9.58. The zero-order chi connectivity index (χ0) is 33.5. The Balaban J connectivity index is 1.05. The van der Waals surface area contributed by atoms with E-state index in [-0.39, 0.29) is 0 Å². The quantitative estimate of drug-likeness (QED) is 0.185. The molecule has 238 valence electrons. The zero-order valence-electron chi connectivity index (χ0n) is 27.0. The van der Waals surface area contributed by atoms with Crippen molar-refractivity contribution in [3.05, 3.63) is 152 Å². The Hall–Kier alpha value is -6.21. The van der Waals surface area contributed by atoms with Crippen LogP contribution in [0.3, 0.4) is 0 Å². The summed E-state index contributed by atoms with van der Waals surface area (Å²) in [5.74, 6) is 1.89. The van der Waals surface area contributed by atoms with Gasteiger partial charge in [-0.3, -0.25) is 0 Å². The molecule has 4 nitrogen and oxygen atoms in total. The Kier molecular flexibility index (Phi) is 6.26. The number of fused-ring (bicyclic) bond motifs is 9. The first-order valence-electron chi connectivity index (χ1n) is 16.8. The molecule has 0 atom stereocenters. The lowest BCUT2D eigenvalue weighted by atomic mass is 10.0. The molecule has 4 heterocycles. The van der Waals surface area contributed by atoms with Crippen LogP contribution in [-0.2, 0) is 0 Å². The van der Waals surface area contributed by atoms with Crippen LogP contribution in [0.15, 0.2) is 156 Å². The highest BCUT2D eigenvalue weighted by molar-refractivity contribution is 7.26. The molecular weight excluding hydrogens is 663 g/mol. The van der Waals surface area contributed by atoms with Crippen LogP contribution in [0.2, 0.25) is 0 Å². The average molecular weight is 688 g/mol. The van der Waals surface area contributed by atoms with Crippen molar-refractivity contribution in [2.45, 2.75) is 0 Å². The molecule has 0 N–H and O–H groups in total. The van der Waals surface area contributed by atoms with E-state index in [4.69, 9.17) is 19.4 Å². The molecule has 11 aromatic rings. The Morgan fingerprint density at radius 2 is 0.980 bits per heavy atom. The van der Waals surface area contributed by atoms with Gasteiger partial charge in [0.1, 0.15) is 11.2 Å². The molecular formula is C45H25N3OS2. The Morgan fingerprint density at radius 1 is 0.353 bits per heavy atom. The van der Waals surface area contributed by atoms with Crippen LogP contribution in [0.25, 0.3) is 108 Å². The SMILES string of the molecule is c1ccc(-c2nc(-c3ccc4c(c3)oc3ccc(-c5ccc6c(c5)sc5ccccc56)cc34)nc(-c3cccc4sc5ccccc5c34)n2)cc1. The van der Waals surface area contributed by atoms with Gasteiger partial charge in [-0.1, -0.05) is 103 Å². The van der Waals surface area contributed by atoms with E-state index in [1.54, 1.807) is 11.3 Å². The molecule has 0 saturated heterocycles. The van der Waals surface area contributed by atoms with Crippen LogP contribution in [0.1, 0.15) is 0 Å². The fraction of sp³-hybridized carbons (Fsp3) is 0. The monoisotopic (exact) mass is 687 g/mol. The van der Waals surface area contributed by atoms with Crippen molar-refractivity contribution in [2.75, 3.05) is 0 Å². The predicted molar refractivity (Wildman–Crippen MR) is 215 cm³/mol. The second-order valence-electron chi connectivity index (χ2n) is 12.8. The maximum atomic E-state index is 6.47. The van der Waals surface area contributed by atoms with Gasteiger partial charge in [-0.15, -0.1) is 22.7 Å². The molecule has 0 unspecified atom stereocenters. The maximum Gasteiger partial charge on any atom is 0.164 e. The zero-order valence-corrected chi connectivity index (χ0v) is 28.6. The van der Waals surface area contributed by atoms with Gasteiger partial charge < -0.3 is 4.42 Å². The summed E-state index contributed by atoms with van der Waals surface area (Å²) in [7, 11) is 0. The molecule has 0 spiro atoms. The lowest BCUT2D eigenvalue weighted by Crippen LogP contribution is -2.00. The maximum absolute atomic E-state index is 6.47. The summed E-state index contributed by atoms with van der Waals surface area (Å²) >= 11 is 3.64. The van der Waals surface area contributed by atoms with Gasteiger partial charge in [0, 0.05) is 67.8 Å². The molecule has 4 aromatic heterocycles. The summed E-state index contributed by atoms with van der Waals surface area (Å²) in [6, 6.07) is 53.2. The average Bonchev–Trinajstić information content (AvgIpc) is 3.88. The van der Waals surface area contributed by atoms with Gasteiger partial charge in [0.05, 0.1) is 0 Å². The molecule has 6 heteroatoms. The minimum Gasteiger partial charge on any atom is -0.456 e.